The number of fused-ring (bicyclic) bond motifs is 1. The molecule has 1 aromatic heterocycles. The molecule has 3 aromatic carbocycles. The number of benzene rings is 3. The maximum absolute atomic E-state index is 14.3. The molecule has 0 radical (unpaired) electrons. The van der Waals surface area contributed by atoms with Crippen LogP contribution in [0, 0.1) is 0 Å². The van der Waals surface area contributed by atoms with Gasteiger partial charge in [-0.3, -0.25) is 9.36 Å². The number of nitrogens with zero attached hydrogens (tertiary/aromatic N) is 2. The van der Waals surface area contributed by atoms with E-state index in [1.807, 2.05) is 44.2 Å². The zero-order valence-electron chi connectivity index (χ0n) is 26.8. The van der Waals surface area contributed by atoms with Crippen molar-refractivity contribution in [3.63, 3.8) is 0 Å². The minimum absolute atomic E-state index is 0.0835. The van der Waals surface area contributed by atoms with Crippen LogP contribution in [0.1, 0.15) is 50.4 Å². The highest BCUT2D eigenvalue weighted by atomic mass is 79.9. The summed E-state index contributed by atoms with van der Waals surface area (Å²) in [6.07, 6.45) is 1.65. The Morgan fingerprint density at radius 2 is 1.83 bits per heavy atom. The molecule has 2 heterocycles. The number of halogens is 2. The van der Waals surface area contributed by atoms with Gasteiger partial charge in [0.1, 0.15) is 6.61 Å². The fourth-order valence-electron chi connectivity index (χ4n) is 5.22. The van der Waals surface area contributed by atoms with E-state index in [4.69, 9.17) is 40.3 Å². The first-order valence-electron chi connectivity index (χ1n) is 14.8. The summed E-state index contributed by atoms with van der Waals surface area (Å²) >= 11 is 11.1. The molecule has 246 valence electrons. The van der Waals surface area contributed by atoms with Crippen molar-refractivity contribution in [3.8, 4) is 23.0 Å². The van der Waals surface area contributed by atoms with Crippen molar-refractivity contribution in [2.24, 2.45) is 4.99 Å². The Morgan fingerprint density at radius 3 is 2.51 bits per heavy atom. The molecule has 0 amide bonds. The number of methoxy groups -OCH3 is 2. The number of thiazole rings is 1. The monoisotopic (exact) mass is 740 g/mol. The fraction of sp³-hybridized carbons (Fsp3) is 0.286. The lowest BCUT2D eigenvalue weighted by Gasteiger charge is -2.25. The summed E-state index contributed by atoms with van der Waals surface area (Å²) in [5.41, 5.74) is 2.41. The van der Waals surface area contributed by atoms with Gasteiger partial charge in [0.25, 0.3) is 5.56 Å². The van der Waals surface area contributed by atoms with Gasteiger partial charge in [-0.1, -0.05) is 63.1 Å². The molecule has 5 rings (SSSR count). The molecule has 4 aromatic rings. The lowest BCUT2D eigenvalue weighted by Crippen LogP contribution is -2.40. The van der Waals surface area contributed by atoms with Gasteiger partial charge in [-0.15, -0.1) is 0 Å². The van der Waals surface area contributed by atoms with Crippen LogP contribution in [0.5, 0.6) is 23.0 Å². The Morgan fingerprint density at radius 1 is 1.09 bits per heavy atom. The van der Waals surface area contributed by atoms with Gasteiger partial charge in [0.15, 0.2) is 27.8 Å². The second kappa shape index (κ2) is 14.8. The van der Waals surface area contributed by atoms with Gasteiger partial charge in [0, 0.05) is 20.6 Å². The van der Waals surface area contributed by atoms with Gasteiger partial charge >= 0.3 is 5.97 Å². The summed E-state index contributed by atoms with van der Waals surface area (Å²) in [5, 5.41) is 0.576. The number of carbonyl (C=O) groups excluding carboxylic acids is 1. The smallest absolute Gasteiger partial charge is 0.338 e. The highest BCUT2D eigenvalue weighted by Crippen LogP contribution is 2.38. The van der Waals surface area contributed by atoms with Gasteiger partial charge in [0.2, 0.25) is 0 Å². The van der Waals surface area contributed by atoms with Crippen molar-refractivity contribution in [2.75, 3.05) is 20.8 Å². The van der Waals surface area contributed by atoms with E-state index in [0.29, 0.717) is 54.2 Å². The van der Waals surface area contributed by atoms with E-state index in [9.17, 15) is 9.59 Å². The highest BCUT2D eigenvalue weighted by molar-refractivity contribution is 9.10. The lowest BCUT2D eigenvalue weighted by atomic mass is 9.95. The molecule has 1 aliphatic rings. The second-order valence-corrected chi connectivity index (χ2v) is 13.1. The second-order valence-electron chi connectivity index (χ2n) is 10.8. The molecule has 47 heavy (non-hydrogen) atoms. The molecule has 0 N–H and O–H groups in total. The zero-order chi connectivity index (χ0) is 33.8. The van der Waals surface area contributed by atoms with Crippen molar-refractivity contribution >= 4 is 50.9 Å². The molecule has 12 heteroatoms. The van der Waals surface area contributed by atoms with Gasteiger partial charge in [0.05, 0.1) is 48.8 Å². The SMILES string of the molecule is CCOC(=O)C1=C(C)N=c2s/c(=C/c3cc(Br)cc(OC)c3OCc3ccccc3Cl)c(=O)n2[C@H]1c1ccc(OC(C)C)c(OC)c1. The molecular weight excluding hydrogens is 708 g/mol. The maximum atomic E-state index is 14.3. The van der Waals surface area contributed by atoms with E-state index < -0.39 is 12.0 Å². The molecule has 9 nitrogen and oxygen atoms in total. The molecule has 1 aliphatic heterocycles. The van der Waals surface area contributed by atoms with Crippen LogP contribution >= 0.6 is 38.9 Å². The van der Waals surface area contributed by atoms with Crippen molar-refractivity contribution < 1.29 is 28.5 Å². The molecule has 0 spiro atoms. The van der Waals surface area contributed by atoms with E-state index in [-0.39, 0.29) is 30.5 Å². The molecule has 0 fully saturated rings. The average molecular weight is 742 g/mol. The summed E-state index contributed by atoms with van der Waals surface area (Å²) in [6.45, 7) is 7.66. The van der Waals surface area contributed by atoms with Gasteiger partial charge in [-0.05, 0) is 69.7 Å². The van der Waals surface area contributed by atoms with Crippen LogP contribution in [-0.4, -0.2) is 37.5 Å². The van der Waals surface area contributed by atoms with E-state index in [0.717, 1.165) is 10.0 Å². The van der Waals surface area contributed by atoms with E-state index >= 15 is 0 Å². The van der Waals surface area contributed by atoms with Crippen LogP contribution in [0.2, 0.25) is 5.02 Å². The van der Waals surface area contributed by atoms with Crippen LogP contribution < -0.4 is 33.8 Å². The van der Waals surface area contributed by atoms with Crippen molar-refractivity contribution in [3.05, 3.63) is 112 Å². The lowest BCUT2D eigenvalue weighted by molar-refractivity contribution is -0.139. The molecule has 0 bridgehead atoms. The van der Waals surface area contributed by atoms with Gasteiger partial charge < -0.3 is 23.7 Å². The summed E-state index contributed by atoms with van der Waals surface area (Å²) in [7, 11) is 3.09. The van der Waals surface area contributed by atoms with Gasteiger partial charge in [-0.2, -0.15) is 0 Å². The standard InChI is InChI=1S/C35H34BrClN2O7S/c1-7-44-34(41)30-20(4)38-35-39(31(30)21-12-13-26(46-19(2)3)27(15-21)42-5)33(40)29(47-35)16-23-14-24(36)17-28(43-6)32(23)45-18-22-10-8-9-11-25(22)37/h8-17,19,31H,7,18H2,1-6H3/b29-16+/t31-/m0/s1. The maximum Gasteiger partial charge on any atom is 0.338 e. The fourth-order valence-corrected chi connectivity index (χ4v) is 6.90. The Hall–Kier alpha value is -4.06. The van der Waals surface area contributed by atoms with Crippen molar-refractivity contribution in [1.82, 2.24) is 4.57 Å². The minimum atomic E-state index is -0.831. The Labute approximate surface area is 289 Å². The van der Waals surface area contributed by atoms with Crippen molar-refractivity contribution in [2.45, 2.75) is 46.4 Å². The first-order chi connectivity index (χ1) is 22.6. The number of hydrogen-bond acceptors (Lipinski definition) is 9. The molecule has 0 unspecified atom stereocenters. The zero-order valence-corrected chi connectivity index (χ0v) is 29.9. The Bertz CT molecular complexity index is 2040. The van der Waals surface area contributed by atoms with Crippen LogP contribution in [0.25, 0.3) is 6.08 Å². The van der Waals surface area contributed by atoms with Crippen molar-refractivity contribution in [1.29, 1.82) is 0 Å². The molecule has 0 saturated heterocycles. The number of rotatable bonds is 11. The number of ether oxygens (including phenoxy) is 5. The van der Waals surface area contributed by atoms with E-state index in [1.54, 1.807) is 58.4 Å². The predicted molar refractivity (Wildman–Crippen MR) is 186 cm³/mol. The molecule has 1 atom stereocenters. The number of esters is 1. The number of hydrogen-bond donors (Lipinski definition) is 0. The predicted octanol–water partition coefficient (Wildman–Crippen LogP) is 6.60. The average Bonchev–Trinajstić information content (AvgIpc) is 3.34. The number of allylic oxidation sites excluding steroid dienone is 1. The van der Waals surface area contributed by atoms with E-state index in [2.05, 4.69) is 15.9 Å². The molecule has 0 saturated carbocycles. The summed E-state index contributed by atoms with van der Waals surface area (Å²) in [4.78, 5) is 32.8. The third kappa shape index (κ3) is 7.27. The third-order valence-corrected chi connectivity index (χ3v) is 9.08. The molecular formula is C35H34BrClN2O7S. The third-order valence-electron chi connectivity index (χ3n) is 7.27. The van der Waals surface area contributed by atoms with E-state index in [1.165, 1.54) is 15.9 Å². The number of aromatic nitrogens is 1. The van der Waals surface area contributed by atoms with Crippen LogP contribution in [-0.2, 0) is 16.1 Å². The minimum Gasteiger partial charge on any atom is -0.493 e. The van der Waals surface area contributed by atoms with Crippen LogP contribution in [0.3, 0.4) is 0 Å². The number of carbonyl (C=O) groups is 1. The Kier molecular flexibility index (Phi) is 10.8. The summed E-state index contributed by atoms with van der Waals surface area (Å²) < 4.78 is 31.5. The first kappa shape index (κ1) is 34.3. The highest BCUT2D eigenvalue weighted by Gasteiger charge is 2.34. The first-order valence-corrected chi connectivity index (χ1v) is 16.8. The summed E-state index contributed by atoms with van der Waals surface area (Å²) in [6, 6.07) is 15.6. The topological polar surface area (TPSA) is 97.6 Å². The molecule has 0 aliphatic carbocycles. The van der Waals surface area contributed by atoms with Crippen LogP contribution in [0.4, 0.5) is 0 Å². The normalized spacial score (nSPS) is 14.5. The van der Waals surface area contributed by atoms with Crippen LogP contribution in [0.15, 0.2) is 80.1 Å². The quantitative estimate of drug-likeness (QED) is 0.160. The largest absolute Gasteiger partial charge is 0.493 e. The Balaban J connectivity index is 1.68. The summed E-state index contributed by atoms with van der Waals surface area (Å²) in [5.74, 6) is 1.37. The van der Waals surface area contributed by atoms with Gasteiger partial charge in [-0.25, -0.2) is 9.79 Å².